The van der Waals surface area contributed by atoms with Crippen molar-refractivity contribution in [3.8, 4) is 23.2 Å². The van der Waals surface area contributed by atoms with E-state index in [0.717, 1.165) is 5.16 Å². The van der Waals surface area contributed by atoms with E-state index in [4.69, 9.17) is 13.3 Å². The molecule has 0 aliphatic heterocycles. The van der Waals surface area contributed by atoms with Crippen LogP contribution in [0.5, 0.6) is 0 Å². The van der Waals surface area contributed by atoms with Gasteiger partial charge >= 0.3 is 0 Å². The summed E-state index contributed by atoms with van der Waals surface area (Å²) in [6.45, 7) is 0. The second kappa shape index (κ2) is 5.76. The molecule has 0 N–H and O–H groups in total. The molecule has 0 unspecified atom stereocenters. The summed E-state index contributed by atoms with van der Waals surface area (Å²) in [5, 5.41) is 17.0. The highest BCUT2D eigenvalue weighted by Gasteiger charge is 2.15. The molecular weight excluding hydrogens is 318 g/mol. The zero-order chi connectivity index (χ0) is 15.6. The molecule has 8 nitrogen and oxygen atoms in total. The molecule has 9 heteroatoms. The molecule has 0 bridgehead atoms. The molecule has 0 aromatic carbocycles. The van der Waals surface area contributed by atoms with Gasteiger partial charge in [-0.05, 0) is 24.3 Å². The lowest BCUT2D eigenvalue weighted by Gasteiger charge is -2.00. The summed E-state index contributed by atoms with van der Waals surface area (Å²) in [5.41, 5.74) is 0. The minimum atomic E-state index is 0.361. The summed E-state index contributed by atoms with van der Waals surface area (Å²) in [6, 6.07) is 7.18. The number of rotatable bonds is 5. The number of nitrogens with zero attached hydrogens (tertiary/aromatic N) is 5. The van der Waals surface area contributed by atoms with Crippen LogP contribution in [0.25, 0.3) is 23.2 Å². The lowest BCUT2D eigenvalue weighted by molar-refractivity contribution is 0.494. The van der Waals surface area contributed by atoms with Crippen molar-refractivity contribution in [3.05, 3.63) is 42.7 Å². The standard InChI is InChI=1S/C14H11N5O3S/c1-19-12(9-4-2-6-20-9)16-18-14(19)23-8-11-15-17-13(22-11)10-5-3-7-21-10/h2-7H,8H2,1H3. The van der Waals surface area contributed by atoms with Crippen molar-refractivity contribution in [1.29, 1.82) is 0 Å². The van der Waals surface area contributed by atoms with Gasteiger partial charge in [0.2, 0.25) is 5.89 Å². The summed E-state index contributed by atoms with van der Waals surface area (Å²) in [4.78, 5) is 0. The van der Waals surface area contributed by atoms with Crippen molar-refractivity contribution in [2.45, 2.75) is 10.9 Å². The Labute approximate surface area is 134 Å². The third-order valence-corrected chi connectivity index (χ3v) is 4.11. The van der Waals surface area contributed by atoms with Gasteiger partial charge < -0.3 is 17.8 Å². The van der Waals surface area contributed by atoms with Crippen LogP contribution in [0.1, 0.15) is 5.89 Å². The first kappa shape index (κ1) is 13.8. The predicted molar refractivity (Wildman–Crippen MR) is 80.3 cm³/mol. The SMILES string of the molecule is Cn1c(SCc2nnc(-c3ccco3)o2)nnc1-c1ccco1. The maximum absolute atomic E-state index is 5.56. The summed E-state index contributed by atoms with van der Waals surface area (Å²) in [6.07, 6.45) is 3.16. The van der Waals surface area contributed by atoms with Crippen molar-refractivity contribution in [3.63, 3.8) is 0 Å². The van der Waals surface area contributed by atoms with E-state index in [9.17, 15) is 0 Å². The molecule has 0 saturated heterocycles. The van der Waals surface area contributed by atoms with Crippen LogP contribution in [0.2, 0.25) is 0 Å². The lowest BCUT2D eigenvalue weighted by Crippen LogP contribution is -1.94. The zero-order valence-corrected chi connectivity index (χ0v) is 12.9. The van der Waals surface area contributed by atoms with Crippen LogP contribution in [-0.4, -0.2) is 25.0 Å². The minimum Gasteiger partial charge on any atom is -0.461 e. The number of furan rings is 2. The van der Waals surface area contributed by atoms with E-state index in [0.29, 0.717) is 34.9 Å². The van der Waals surface area contributed by atoms with Crippen LogP contribution in [0.4, 0.5) is 0 Å². The molecule has 0 spiro atoms. The van der Waals surface area contributed by atoms with Crippen LogP contribution >= 0.6 is 11.8 Å². The Balaban J connectivity index is 1.48. The Morgan fingerprint density at radius 3 is 2.52 bits per heavy atom. The van der Waals surface area contributed by atoms with E-state index in [1.807, 2.05) is 23.7 Å². The van der Waals surface area contributed by atoms with Gasteiger partial charge in [0, 0.05) is 7.05 Å². The third kappa shape index (κ3) is 2.66. The van der Waals surface area contributed by atoms with Gasteiger partial charge in [-0.15, -0.1) is 20.4 Å². The fraction of sp³-hybridized carbons (Fsp3) is 0.143. The average Bonchev–Trinajstić information content (AvgIpc) is 3.33. The molecule has 116 valence electrons. The summed E-state index contributed by atoms with van der Waals surface area (Å²) in [5.74, 6) is 3.22. The number of hydrogen-bond acceptors (Lipinski definition) is 8. The molecule has 0 saturated carbocycles. The highest BCUT2D eigenvalue weighted by atomic mass is 32.2. The van der Waals surface area contributed by atoms with Crippen LogP contribution in [-0.2, 0) is 12.8 Å². The van der Waals surface area contributed by atoms with Crippen molar-refractivity contribution in [2.75, 3.05) is 0 Å². The van der Waals surface area contributed by atoms with E-state index >= 15 is 0 Å². The lowest BCUT2D eigenvalue weighted by atomic mass is 10.4. The molecule has 4 heterocycles. The molecule has 0 aliphatic rings. The number of hydrogen-bond donors (Lipinski definition) is 0. The summed E-state index contributed by atoms with van der Waals surface area (Å²) in [7, 11) is 1.88. The first-order chi connectivity index (χ1) is 11.3. The van der Waals surface area contributed by atoms with Crippen molar-refractivity contribution in [2.24, 2.45) is 7.05 Å². The average molecular weight is 329 g/mol. The van der Waals surface area contributed by atoms with Crippen molar-refractivity contribution >= 4 is 11.8 Å². The molecule has 0 aliphatic carbocycles. The highest BCUT2D eigenvalue weighted by Crippen LogP contribution is 2.26. The normalized spacial score (nSPS) is 11.2. The van der Waals surface area contributed by atoms with E-state index in [-0.39, 0.29) is 0 Å². The highest BCUT2D eigenvalue weighted by molar-refractivity contribution is 7.98. The number of thioether (sulfide) groups is 1. The first-order valence-corrected chi connectivity index (χ1v) is 7.72. The van der Waals surface area contributed by atoms with E-state index in [1.54, 1.807) is 24.7 Å². The molecule has 0 fully saturated rings. The predicted octanol–water partition coefficient (Wildman–Crippen LogP) is 3.01. The van der Waals surface area contributed by atoms with Crippen molar-refractivity contribution < 1.29 is 13.3 Å². The number of aromatic nitrogens is 5. The molecule has 4 aromatic rings. The topological polar surface area (TPSA) is 95.9 Å². The third-order valence-electron chi connectivity index (χ3n) is 3.10. The molecule has 0 atom stereocenters. The van der Waals surface area contributed by atoms with Crippen LogP contribution < -0.4 is 0 Å². The largest absolute Gasteiger partial charge is 0.461 e. The van der Waals surface area contributed by atoms with Crippen LogP contribution in [0.15, 0.2) is 55.2 Å². The smallest absolute Gasteiger partial charge is 0.283 e. The zero-order valence-electron chi connectivity index (χ0n) is 12.0. The van der Waals surface area contributed by atoms with Gasteiger partial charge in [0.1, 0.15) is 0 Å². The quantitative estimate of drug-likeness (QED) is 0.516. The summed E-state index contributed by atoms with van der Waals surface area (Å²) < 4.78 is 18.0. The van der Waals surface area contributed by atoms with Crippen LogP contribution in [0, 0.1) is 0 Å². The molecular formula is C14H11N5O3S. The fourth-order valence-electron chi connectivity index (χ4n) is 2.00. The van der Waals surface area contributed by atoms with Gasteiger partial charge in [-0.2, -0.15) is 0 Å². The van der Waals surface area contributed by atoms with E-state index in [2.05, 4.69) is 20.4 Å². The second-order valence-corrected chi connectivity index (χ2v) is 5.55. The van der Waals surface area contributed by atoms with Crippen molar-refractivity contribution in [1.82, 2.24) is 25.0 Å². The Kier molecular flexibility index (Phi) is 3.46. The van der Waals surface area contributed by atoms with Gasteiger partial charge in [-0.3, -0.25) is 0 Å². The molecule has 4 aromatic heterocycles. The van der Waals surface area contributed by atoms with Gasteiger partial charge in [-0.1, -0.05) is 11.8 Å². The van der Waals surface area contributed by atoms with E-state index < -0.39 is 0 Å². The first-order valence-electron chi connectivity index (χ1n) is 6.73. The molecule has 0 radical (unpaired) electrons. The van der Waals surface area contributed by atoms with Gasteiger partial charge in [0.05, 0.1) is 18.3 Å². The van der Waals surface area contributed by atoms with Gasteiger partial charge in [0.25, 0.3) is 5.89 Å². The minimum absolute atomic E-state index is 0.361. The Morgan fingerprint density at radius 1 is 1.00 bits per heavy atom. The van der Waals surface area contributed by atoms with Gasteiger partial charge in [-0.25, -0.2) is 0 Å². The monoisotopic (exact) mass is 329 g/mol. The Bertz CT molecular complexity index is 895. The summed E-state index contributed by atoms with van der Waals surface area (Å²) >= 11 is 1.45. The molecule has 4 rings (SSSR count). The van der Waals surface area contributed by atoms with Crippen LogP contribution in [0.3, 0.4) is 0 Å². The Morgan fingerprint density at radius 2 is 1.78 bits per heavy atom. The maximum atomic E-state index is 5.56. The van der Waals surface area contributed by atoms with E-state index in [1.165, 1.54) is 11.8 Å². The van der Waals surface area contributed by atoms with Gasteiger partial charge in [0.15, 0.2) is 22.5 Å². The maximum Gasteiger partial charge on any atom is 0.283 e. The fourth-order valence-corrected chi connectivity index (χ4v) is 2.75. The second-order valence-electron chi connectivity index (χ2n) is 4.61. The molecule has 0 amide bonds. The molecule has 23 heavy (non-hydrogen) atoms. The Hall–Kier alpha value is -2.81.